The Hall–Kier alpha value is -2.04. The molecule has 2 rings (SSSR count). The minimum absolute atomic E-state index is 0. The molecule has 0 spiro atoms. The van der Waals surface area contributed by atoms with Crippen molar-refractivity contribution >= 4 is 24.0 Å². The molecule has 0 saturated heterocycles. The number of nitrogens with two attached hydrogens (primary N) is 1. The number of para-hydroxylation sites is 1. The van der Waals surface area contributed by atoms with E-state index in [1.165, 1.54) is 6.07 Å². The number of hydrogen-bond donors (Lipinski definition) is 3. The fourth-order valence-electron chi connectivity index (χ4n) is 1.59. The maximum absolute atomic E-state index is 11.9. The Kier molecular flexibility index (Phi) is 5.36. The number of carbonyl (C=O) groups excluding carboxylic acids is 1. The molecule has 0 bridgehead atoms. The van der Waals surface area contributed by atoms with Crippen LogP contribution in [-0.2, 0) is 6.54 Å². The monoisotopic (exact) mass is 278 g/mol. The van der Waals surface area contributed by atoms with Crippen molar-refractivity contribution in [3.05, 3.63) is 59.7 Å². The van der Waals surface area contributed by atoms with Gasteiger partial charge in [0, 0.05) is 12.2 Å². The molecule has 1 amide bonds. The van der Waals surface area contributed by atoms with Crippen LogP contribution < -0.4 is 11.1 Å². The van der Waals surface area contributed by atoms with Crippen molar-refractivity contribution in [1.29, 1.82) is 0 Å². The lowest BCUT2D eigenvalue weighted by Crippen LogP contribution is -2.12. The zero-order chi connectivity index (χ0) is 13.0. The molecule has 0 aliphatic rings. The van der Waals surface area contributed by atoms with Crippen molar-refractivity contribution in [2.45, 2.75) is 6.54 Å². The largest absolute Gasteiger partial charge is 0.507 e. The van der Waals surface area contributed by atoms with E-state index in [1.54, 1.807) is 30.3 Å². The predicted molar refractivity (Wildman–Crippen MR) is 77.6 cm³/mol. The zero-order valence-electron chi connectivity index (χ0n) is 10.2. The van der Waals surface area contributed by atoms with Gasteiger partial charge in [0.15, 0.2) is 0 Å². The van der Waals surface area contributed by atoms with E-state index in [0.29, 0.717) is 12.2 Å². The predicted octanol–water partition coefficient (Wildman–Crippen LogP) is 2.53. The van der Waals surface area contributed by atoms with Crippen LogP contribution in [0.15, 0.2) is 48.5 Å². The SMILES string of the molecule is Cl.NCc1ccc(NC(=O)c2ccccc2O)cc1. The van der Waals surface area contributed by atoms with Crippen molar-refractivity contribution in [1.82, 2.24) is 0 Å². The summed E-state index contributed by atoms with van der Waals surface area (Å²) in [4.78, 5) is 11.9. The van der Waals surface area contributed by atoms with Gasteiger partial charge in [-0.05, 0) is 29.8 Å². The molecule has 0 unspecified atom stereocenters. The Morgan fingerprint density at radius 2 is 1.74 bits per heavy atom. The smallest absolute Gasteiger partial charge is 0.259 e. The van der Waals surface area contributed by atoms with Crippen LogP contribution >= 0.6 is 12.4 Å². The second-order valence-corrected chi connectivity index (χ2v) is 3.87. The normalized spacial score (nSPS) is 9.53. The number of nitrogens with one attached hydrogen (secondary N) is 1. The highest BCUT2D eigenvalue weighted by atomic mass is 35.5. The number of anilines is 1. The van der Waals surface area contributed by atoms with Crippen molar-refractivity contribution < 1.29 is 9.90 Å². The maximum Gasteiger partial charge on any atom is 0.259 e. The number of hydrogen-bond acceptors (Lipinski definition) is 3. The van der Waals surface area contributed by atoms with Gasteiger partial charge in [-0.25, -0.2) is 0 Å². The van der Waals surface area contributed by atoms with Crippen LogP contribution in [0.1, 0.15) is 15.9 Å². The number of rotatable bonds is 3. The number of halogens is 1. The fraction of sp³-hybridized carbons (Fsp3) is 0.0714. The molecule has 4 nitrogen and oxygen atoms in total. The van der Waals surface area contributed by atoms with Gasteiger partial charge in [0.2, 0.25) is 0 Å². The highest BCUT2D eigenvalue weighted by molar-refractivity contribution is 6.06. The van der Waals surface area contributed by atoms with Crippen molar-refractivity contribution in [2.24, 2.45) is 5.73 Å². The minimum Gasteiger partial charge on any atom is -0.507 e. The number of phenols is 1. The van der Waals surface area contributed by atoms with Gasteiger partial charge >= 0.3 is 0 Å². The summed E-state index contributed by atoms with van der Waals surface area (Å²) in [6.45, 7) is 0.466. The molecule has 0 aromatic heterocycles. The van der Waals surface area contributed by atoms with E-state index in [9.17, 15) is 9.90 Å². The van der Waals surface area contributed by atoms with Crippen molar-refractivity contribution in [2.75, 3.05) is 5.32 Å². The third-order valence-corrected chi connectivity index (χ3v) is 2.60. The summed E-state index contributed by atoms with van der Waals surface area (Å²) in [6, 6.07) is 13.7. The van der Waals surface area contributed by atoms with Gasteiger partial charge in [0.05, 0.1) is 5.56 Å². The molecule has 0 fully saturated rings. The summed E-state index contributed by atoms with van der Waals surface area (Å²) in [5, 5.41) is 12.3. The quantitative estimate of drug-likeness (QED) is 0.807. The lowest BCUT2D eigenvalue weighted by molar-refractivity contribution is 0.102. The molecule has 0 aliphatic carbocycles. The summed E-state index contributed by atoms with van der Waals surface area (Å²) < 4.78 is 0. The molecule has 2 aromatic carbocycles. The summed E-state index contributed by atoms with van der Waals surface area (Å²) in [5.41, 5.74) is 7.41. The average Bonchev–Trinajstić information content (AvgIpc) is 2.40. The van der Waals surface area contributed by atoms with Gasteiger partial charge in [-0.1, -0.05) is 24.3 Å². The van der Waals surface area contributed by atoms with Gasteiger partial charge in [0.25, 0.3) is 5.91 Å². The van der Waals surface area contributed by atoms with Gasteiger partial charge in [-0.3, -0.25) is 4.79 Å². The van der Waals surface area contributed by atoms with Crippen LogP contribution in [0.3, 0.4) is 0 Å². The summed E-state index contributed by atoms with van der Waals surface area (Å²) in [5.74, 6) is -0.373. The average molecular weight is 279 g/mol. The first-order valence-electron chi connectivity index (χ1n) is 5.59. The highest BCUT2D eigenvalue weighted by Crippen LogP contribution is 2.18. The molecule has 100 valence electrons. The molecular weight excluding hydrogens is 264 g/mol. The molecule has 0 saturated carbocycles. The van der Waals surface area contributed by atoms with Crippen LogP contribution in [0.5, 0.6) is 5.75 Å². The number of benzene rings is 2. The minimum atomic E-state index is -0.339. The summed E-state index contributed by atoms with van der Waals surface area (Å²) in [6.07, 6.45) is 0. The first kappa shape index (κ1) is 15.0. The topological polar surface area (TPSA) is 75.3 Å². The standard InChI is InChI=1S/C14H14N2O2.ClH/c15-9-10-5-7-11(8-6-10)16-14(18)12-3-1-2-4-13(12)17;/h1-8,17H,9,15H2,(H,16,18);1H. The second-order valence-electron chi connectivity index (χ2n) is 3.87. The Morgan fingerprint density at radius 3 is 2.32 bits per heavy atom. The Morgan fingerprint density at radius 1 is 1.11 bits per heavy atom. The van der Waals surface area contributed by atoms with E-state index < -0.39 is 0 Å². The van der Waals surface area contributed by atoms with Crippen LogP contribution in [0.2, 0.25) is 0 Å². The first-order valence-corrected chi connectivity index (χ1v) is 5.59. The molecule has 0 atom stereocenters. The molecule has 2 aromatic rings. The Balaban J connectivity index is 0.00000180. The van der Waals surface area contributed by atoms with E-state index in [2.05, 4.69) is 5.32 Å². The van der Waals surface area contributed by atoms with E-state index in [0.717, 1.165) is 5.56 Å². The number of amides is 1. The number of aromatic hydroxyl groups is 1. The third kappa shape index (κ3) is 3.71. The third-order valence-electron chi connectivity index (χ3n) is 2.60. The molecule has 4 N–H and O–H groups in total. The van der Waals surface area contributed by atoms with Crippen LogP contribution in [0.4, 0.5) is 5.69 Å². The highest BCUT2D eigenvalue weighted by Gasteiger charge is 2.09. The summed E-state index contributed by atoms with van der Waals surface area (Å²) in [7, 11) is 0. The Labute approximate surface area is 117 Å². The molecular formula is C14H15ClN2O2. The van der Waals surface area contributed by atoms with E-state index in [-0.39, 0.29) is 29.6 Å². The molecule has 0 heterocycles. The lowest BCUT2D eigenvalue weighted by atomic mass is 10.1. The fourth-order valence-corrected chi connectivity index (χ4v) is 1.59. The van der Waals surface area contributed by atoms with Gasteiger partial charge in [-0.2, -0.15) is 0 Å². The van der Waals surface area contributed by atoms with Crippen LogP contribution in [0.25, 0.3) is 0 Å². The lowest BCUT2D eigenvalue weighted by Gasteiger charge is -2.07. The van der Waals surface area contributed by atoms with E-state index in [4.69, 9.17) is 5.73 Å². The van der Waals surface area contributed by atoms with Crippen LogP contribution in [0, 0.1) is 0 Å². The second kappa shape index (κ2) is 6.78. The maximum atomic E-state index is 11.9. The molecule has 0 radical (unpaired) electrons. The van der Waals surface area contributed by atoms with Gasteiger partial charge in [-0.15, -0.1) is 12.4 Å². The molecule has 0 aliphatic heterocycles. The molecule has 19 heavy (non-hydrogen) atoms. The van der Waals surface area contributed by atoms with Crippen LogP contribution in [-0.4, -0.2) is 11.0 Å². The van der Waals surface area contributed by atoms with Crippen molar-refractivity contribution in [3.8, 4) is 5.75 Å². The van der Waals surface area contributed by atoms with E-state index >= 15 is 0 Å². The van der Waals surface area contributed by atoms with Gasteiger partial charge < -0.3 is 16.2 Å². The zero-order valence-corrected chi connectivity index (χ0v) is 11.0. The summed E-state index contributed by atoms with van der Waals surface area (Å²) >= 11 is 0. The number of carbonyl (C=O) groups is 1. The van der Waals surface area contributed by atoms with E-state index in [1.807, 2.05) is 12.1 Å². The Bertz CT molecular complexity index is 556. The number of phenolic OH excluding ortho intramolecular Hbond substituents is 1. The van der Waals surface area contributed by atoms with Gasteiger partial charge in [0.1, 0.15) is 5.75 Å². The van der Waals surface area contributed by atoms with Crippen molar-refractivity contribution in [3.63, 3.8) is 0 Å². The first-order chi connectivity index (χ1) is 8.70. The molecule has 5 heteroatoms.